The molecule has 1 aliphatic rings. The average Bonchev–Trinajstić information content (AvgIpc) is 2.54. The number of carbonyl (C=O) groups excluding carboxylic acids is 2. The van der Waals surface area contributed by atoms with Gasteiger partial charge < -0.3 is 15.0 Å². The zero-order chi connectivity index (χ0) is 15.9. The van der Waals surface area contributed by atoms with Gasteiger partial charge in [-0.05, 0) is 38.0 Å². The average molecular weight is 301 g/mol. The molecule has 1 aromatic rings. The predicted octanol–water partition coefficient (Wildman–Crippen LogP) is 1.91. The predicted molar refractivity (Wildman–Crippen MR) is 80.2 cm³/mol. The smallest absolute Gasteiger partial charge is 0.407 e. The number of likely N-dealkylation sites (tertiary alicyclic amines) is 1. The normalized spacial score (nSPS) is 17.5. The summed E-state index contributed by atoms with van der Waals surface area (Å²) in [7, 11) is 0. The number of carbonyl (C=O) groups is 2. The number of rotatable bonds is 3. The molecule has 0 aliphatic carbocycles. The van der Waals surface area contributed by atoms with Gasteiger partial charge in [-0.2, -0.15) is 5.26 Å². The summed E-state index contributed by atoms with van der Waals surface area (Å²) in [6.07, 6.45) is 1.19. The fraction of sp³-hybridized carbons (Fsp3) is 0.438. The Bertz CT molecular complexity index is 595. The van der Waals surface area contributed by atoms with Crippen molar-refractivity contribution >= 4 is 12.0 Å². The Hall–Kier alpha value is -2.55. The first-order valence-electron chi connectivity index (χ1n) is 7.36. The van der Waals surface area contributed by atoms with Gasteiger partial charge in [0.25, 0.3) is 5.91 Å². The number of hydrogen-bond donors (Lipinski definition) is 1. The molecule has 1 aromatic carbocycles. The number of nitrogens with zero attached hydrogens (tertiary/aromatic N) is 2. The van der Waals surface area contributed by atoms with Crippen LogP contribution in [0.25, 0.3) is 0 Å². The number of hydrogen-bond acceptors (Lipinski definition) is 4. The van der Waals surface area contributed by atoms with Crippen LogP contribution in [0, 0.1) is 11.3 Å². The first-order valence-corrected chi connectivity index (χ1v) is 7.36. The number of alkyl carbamates (subject to hydrolysis) is 1. The van der Waals surface area contributed by atoms with Crippen LogP contribution >= 0.6 is 0 Å². The van der Waals surface area contributed by atoms with Crippen LogP contribution in [0.5, 0.6) is 0 Å². The van der Waals surface area contributed by atoms with Gasteiger partial charge in [-0.3, -0.25) is 4.79 Å². The minimum Gasteiger partial charge on any atom is -0.450 e. The van der Waals surface area contributed by atoms with Crippen LogP contribution in [0.2, 0.25) is 0 Å². The Morgan fingerprint density at radius 1 is 1.50 bits per heavy atom. The maximum absolute atomic E-state index is 12.5. The maximum atomic E-state index is 12.5. The van der Waals surface area contributed by atoms with Gasteiger partial charge in [0.2, 0.25) is 0 Å². The molecule has 0 radical (unpaired) electrons. The first-order chi connectivity index (χ1) is 10.6. The van der Waals surface area contributed by atoms with Gasteiger partial charge in [0.1, 0.15) is 0 Å². The van der Waals surface area contributed by atoms with Gasteiger partial charge in [0.05, 0.1) is 18.2 Å². The standard InChI is InChI=1S/C16H19N3O3/c1-2-22-16(21)18-14-7-4-8-19(11-14)15(20)13-6-3-5-12(9-13)10-17/h3,5-6,9,14H,2,4,7-8,11H2,1H3,(H,18,21). The lowest BCUT2D eigenvalue weighted by molar-refractivity contribution is 0.0686. The van der Waals surface area contributed by atoms with E-state index in [1.807, 2.05) is 6.07 Å². The third kappa shape index (κ3) is 3.98. The third-order valence-corrected chi connectivity index (χ3v) is 3.54. The molecule has 6 heteroatoms. The fourth-order valence-corrected chi connectivity index (χ4v) is 2.52. The van der Waals surface area contributed by atoms with Crippen molar-refractivity contribution < 1.29 is 14.3 Å². The number of amides is 2. The lowest BCUT2D eigenvalue weighted by Crippen LogP contribution is -2.49. The van der Waals surface area contributed by atoms with Gasteiger partial charge in [-0.15, -0.1) is 0 Å². The molecule has 0 spiro atoms. The summed E-state index contributed by atoms with van der Waals surface area (Å²) >= 11 is 0. The highest BCUT2D eigenvalue weighted by Crippen LogP contribution is 2.15. The van der Waals surface area contributed by atoms with Crippen LogP contribution in [0.15, 0.2) is 24.3 Å². The SMILES string of the molecule is CCOC(=O)NC1CCCN(C(=O)c2cccc(C#N)c2)C1. The summed E-state index contributed by atoms with van der Waals surface area (Å²) < 4.78 is 4.87. The van der Waals surface area contributed by atoms with Crippen molar-refractivity contribution in [3.63, 3.8) is 0 Å². The Balaban J connectivity index is 2.00. The molecular formula is C16H19N3O3. The van der Waals surface area contributed by atoms with Crippen molar-refractivity contribution in [2.75, 3.05) is 19.7 Å². The third-order valence-electron chi connectivity index (χ3n) is 3.54. The van der Waals surface area contributed by atoms with Gasteiger partial charge >= 0.3 is 6.09 Å². The quantitative estimate of drug-likeness (QED) is 0.924. The summed E-state index contributed by atoms with van der Waals surface area (Å²) in [5, 5.41) is 11.7. The van der Waals surface area contributed by atoms with Crippen LogP contribution in [-0.2, 0) is 4.74 Å². The summed E-state index contributed by atoms with van der Waals surface area (Å²) in [6, 6.07) is 8.58. The number of nitrogens with one attached hydrogen (secondary N) is 1. The molecule has 0 bridgehead atoms. The second kappa shape index (κ2) is 7.46. The molecule has 22 heavy (non-hydrogen) atoms. The van der Waals surface area contributed by atoms with Crippen molar-refractivity contribution in [1.29, 1.82) is 5.26 Å². The Morgan fingerprint density at radius 2 is 2.32 bits per heavy atom. The molecule has 2 rings (SSSR count). The summed E-state index contributed by atoms with van der Waals surface area (Å²) in [5.74, 6) is -0.118. The van der Waals surface area contributed by atoms with E-state index in [1.165, 1.54) is 0 Å². The van der Waals surface area contributed by atoms with Crippen molar-refractivity contribution in [2.24, 2.45) is 0 Å². The molecule has 0 saturated carbocycles. The van der Waals surface area contributed by atoms with E-state index in [0.717, 1.165) is 12.8 Å². The molecule has 2 amide bonds. The van der Waals surface area contributed by atoms with Crippen molar-refractivity contribution in [1.82, 2.24) is 10.2 Å². The molecule has 1 unspecified atom stereocenters. The Kier molecular flexibility index (Phi) is 5.37. The molecule has 1 fully saturated rings. The summed E-state index contributed by atoms with van der Waals surface area (Å²) in [4.78, 5) is 25.7. The van der Waals surface area contributed by atoms with E-state index in [1.54, 1.807) is 36.1 Å². The van der Waals surface area contributed by atoms with E-state index in [0.29, 0.717) is 30.8 Å². The van der Waals surface area contributed by atoms with Crippen LogP contribution in [0.3, 0.4) is 0 Å². The topological polar surface area (TPSA) is 82.4 Å². The lowest BCUT2D eigenvalue weighted by Gasteiger charge is -2.33. The molecule has 6 nitrogen and oxygen atoms in total. The maximum Gasteiger partial charge on any atom is 0.407 e. The minimum absolute atomic E-state index is 0.101. The van der Waals surface area contributed by atoms with E-state index in [4.69, 9.17) is 10.00 Å². The number of benzene rings is 1. The second-order valence-electron chi connectivity index (χ2n) is 5.15. The van der Waals surface area contributed by atoms with E-state index < -0.39 is 6.09 Å². The van der Waals surface area contributed by atoms with E-state index >= 15 is 0 Å². The van der Waals surface area contributed by atoms with Crippen LogP contribution in [0.4, 0.5) is 4.79 Å². The molecule has 1 N–H and O–H groups in total. The molecule has 0 aromatic heterocycles. The van der Waals surface area contributed by atoms with Crippen molar-refractivity contribution in [3.8, 4) is 6.07 Å². The molecule has 1 saturated heterocycles. The first kappa shape index (κ1) is 15.8. The van der Waals surface area contributed by atoms with Crippen LogP contribution < -0.4 is 5.32 Å². The van der Waals surface area contributed by atoms with Gasteiger partial charge in [-0.25, -0.2) is 4.79 Å². The largest absolute Gasteiger partial charge is 0.450 e. The highest BCUT2D eigenvalue weighted by molar-refractivity contribution is 5.94. The Labute approximate surface area is 129 Å². The zero-order valence-electron chi connectivity index (χ0n) is 12.5. The monoisotopic (exact) mass is 301 g/mol. The number of ether oxygens (including phenoxy) is 1. The molecule has 116 valence electrons. The zero-order valence-corrected chi connectivity index (χ0v) is 12.5. The summed E-state index contributed by atoms with van der Waals surface area (Å²) in [5.41, 5.74) is 0.958. The summed E-state index contributed by atoms with van der Waals surface area (Å²) in [6.45, 7) is 3.17. The lowest BCUT2D eigenvalue weighted by atomic mass is 10.0. The van der Waals surface area contributed by atoms with E-state index in [9.17, 15) is 9.59 Å². The van der Waals surface area contributed by atoms with E-state index in [2.05, 4.69) is 5.32 Å². The fourth-order valence-electron chi connectivity index (χ4n) is 2.52. The van der Waals surface area contributed by atoms with Crippen LogP contribution in [0.1, 0.15) is 35.7 Å². The molecule has 1 heterocycles. The van der Waals surface area contributed by atoms with Crippen LogP contribution in [-0.4, -0.2) is 42.6 Å². The molecule has 1 aliphatic heterocycles. The van der Waals surface area contributed by atoms with Gasteiger partial charge in [0, 0.05) is 24.7 Å². The van der Waals surface area contributed by atoms with Gasteiger partial charge in [-0.1, -0.05) is 6.07 Å². The minimum atomic E-state index is -0.451. The van der Waals surface area contributed by atoms with Crippen molar-refractivity contribution in [2.45, 2.75) is 25.8 Å². The van der Waals surface area contributed by atoms with E-state index in [-0.39, 0.29) is 11.9 Å². The Morgan fingerprint density at radius 3 is 3.05 bits per heavy atom. The molecular weight excluding hydrogens is 282 g/mol. The number of piperidine rings is 1. The molecule has 1 atom stereocenters. The highest BCUT2D eigenvalue weighted by Gasteiger charge is 2.25. The van der Waals surface area contributed by atoms with Crippen molar-refractivity contribution in [3.05, 3.63) is 35.4 Å². The van der Waals surface area contributed by atoms with Gasteiger partial charge in [0.15, 0.2) is 0 Å². The number of nitriles is 1. The highest BCUT2D eigenvalue weighted by atomic mass is 16.5. The second-order valence-corrected chi connectivity index (χ2v) is 5.15.